The van der Waals surface area contributed by atoms with Crippen LogP contribution in [-0.4, -0.2) is 62.5 Å². The summed E-state index contributed by atoms with van der Waals surface area (Å²) in [5, 5.41) is 19.4. The molecule has 4 saturated carbocycles. The molecule has 4 rings (SSSR count). The summed E-state index contributed by atoms with van der Waals surface area (Å²) in [6.07, 6.45) is 13.5. The lowest BCUT2D eigenvalue weighted by atomic mass is 9.39. The van der Waals surface area contributed by atoms with Gasteiger partial charge in [0.1, 0.15) is 0 Å². The van der Waals surface area contributed by atoms with Crippen LogP contribution in [0.5, 0.6) is 0 Å². The van der Waals surface area contributed by atoms with E-state index in [0.717, 1.165) is 64.7 Å². The molecule has 6 N–H and O–H groups in total. The van der Waals surface area contributed by atoms with E-state index in [1.807, 2.05) is 13.8 Å². The second kappa shape index (κ2) is 14.9. The Labute approximate surface area is 269 Å². The summed E-state index contributed by atoms with van der Waals surface area (Å²) in [4.78, 5) is 0. The van der Waals surface area contributed by atoms with Crippen molar-refractivity contribution in [2.45, 2.75) is 143 Å². The van der Waals surface area contributed by atoms with Crippen LogP contribution in [0, 0.1) is 51.8 Å². The van der Waals surface area contributed by atoms with Gasteiger partial charge in [-0.25, -0.2) is 4.18 Å². The molecule has 0 aromatic carbocycles. The first kappa shape index (κ1) is 36.5. The third-order valence-corrected chi connectivity index (χ3v) is 14.3. The fourth-order valence-corrected chi connectivity index (χ4v) is 11.8. The van der Waals surface area contributed by atoms with Gasteiger partial charge in [0.15, 0.2) is 0 Å². The molecule has 0 aromatic heterocycles. The van der Waals surface area contributed by atoms with Crippen molar-refractivity contribution < 1.29 is 22.3 Å². The minimum Gasteiger partial charge on any atom is -0.393 e. The van der Waals surface area contributed by atoms with Crippen molar-refractivity contribution in [1.29, 1.82) is 0 Å². The van der Waals surface area contributed by atoms with Crippen molar-refractivity contribution in [3.8, 4) is 0 Å². The average molecular weight is 642 g/mol. The van der Waals surface area contributed by atoms with Gasteiger partial charge in [-0.05, 0) is 161 Å². The maximum absolute atomic E-state index is 11.9. The molecule has 4 fully saturated rings. The first-order valence-electron chi connectivity index (χ1n) is 18.1. The summed E-state index contributed by atoms with van der Waals surface area (Å²) in [5.74, 6) is 2.53. The Balaban J connectivity index is 1.35. The number of aliphatic hydroxyl groups is 1. The highest BCUT2D eigenvalue weighted by atomic mass is 32.3. The molecule has 4 aliphatic rings. The summed E-state index contributed by atoms with van der Waals surface area (Å²) in [6.45, 7) is 17.7. The number of aliphatic hydroxyl groups excluding tert-OH is 1. The molecule has 4 aliphatic carbocycles. The van der Waals surface area contributed by atoms with E-state index in [-0.39, 0.29) is 28.3 Å². The van der Waals surface area contributed by atoms with Crippen molar-refractivity contribution in [3.05, 3.63) is 0 Å². The van der Waals surface area contributed by atoms with Crippen LogP contribution in [0.1, 0.15) is 125 Å². The van der Waals surface area contributed by atoms with Crippen molar-refractivity contribution >= 4 is 10.4 Å². The summed E-state index contributed by atoms with van der Waals surface area (Å²) in [5.41, 5.74) is 6.22. The van der Waals surface area contributed by atoms with E-state index in [4.69, 9.17) is 9.92 Å². The minimum atomic E-state index is -4.46. The molecule has 8 nitrogen and oxygen atoms in total. The Morgan fingerprint density at radius 2 is 1.64 bits per heavy atom. The highest BCUT2D eigenvalue weighted by molar-refractivity contribution is 7.80. The van der Waals surface area contributed by atoms with Crippen LogP contribution < -0.4 is 16.4 Å². The molecule has 0 radical (unpaired) electrons. The lowest BCUT2D eigenvalue weighted by molar-refractivity contribution is -0.202. The normalized spacial score (nSPS) is 40.3. The minimum absolute atomic E-state index is 0.0118. The van der Waals surface area contributed by atoms with E-state index < -0.39 is 16.5 Å². The Bertz CT molecular complexity index is 1030. The monoisotopic (exact) mass is 641 g/mol. The van der Waals surface area contributed by atoms with Gasteiger partial charge in [-0.3, -0.25) is 4.55 Å². The Morgan fingerprint density at radius 1 is 0.909 bits per heavy atom. The van der Waals surface area contributed by atoms with E-state index in [0.29, 0.717) is 42.1 Å². The second-order valence-electron chi connectivity index (χ2n) is 16.6. The molecule has 258 valence electrons. The van der Waals surface area contributed by atoms with Crippen molar-refractivity contribution in [1.82, 2.24) is 10.6 Å². The van der Waals surface area contributed by atoms with Crippen molar-refractivity contribution in [3.63, 3.8) is 0 Å². The van der Waals surface area contributed by atoms with Gasteiger partial charge in [-0.2, -0.15) is 8.42 Å². The van der Waals surface area contributed by atoms with Gasteiger partial charge in [0.25, 0.3) is 0 Å². The fraction of sp³-hybridized carbons (Fsp3) is 1.00. The van der Waals surface area contributed by atoms with Crippen LogP contribution >= 0.6 is 0 Å². The predicted molar refractivity (Wildman–Crippen MR) is 178 cm³/mol. The largest absolute Gasteiger partial charge is 0.397 e. The predicted octanol–water partition coefficient (Wildman–Crippen LogP) is 5.94. The smallest absolute Gasteiger partial charge is 0.393 e. The van der Waals surface area contributed by atoms with Gasteiger partial charge in [0.2, 0.25) is 0 Å². The Morgan fingerprint density at radius 3 is 2.32 bits per heavy atom. The number of hydrogen-bond donors (Lipinski definition) is 5. The molecule has 11 atom stereocenters. The quantitative estimate of drug-likeness (QED) is 0.103. The Kier molecular flexibility index (Phi) is 12.3. The number of unbranched alkanes of at least 4 members (excludes halogenated alkanes) is 1. The molecular formula is C35H67N3O5S. The highest BCUT2D eigenvalue weighted by Gasteiger charge is 2.65. The van der Waals surface area contributed by atoms with Gasteiger partial charge in [0.05, 0.1) is 12.2 Å². The second-order valence-corrected chi connectivity index (χ2v) is 17.7. The van der Waals surface area contributed by atoms with Gasteiger partial charge < -0.3 is 21.5 Å². The van der Waals surface area contributed by atoms with Crippen LogP contribution in [0.25, 0.3) is 0 Å². The van der Waals surface area contributed by atoms with Crippen LogP contribution in [-0.2, 0) is 14.6 Å². The van der Waals surface area contributed by atoms with Crippen molar-refractivity contribution in [2.75, 3.05) is 26.2 Å². The van der Waals surface area contributed by atoms with Gasteiger partial charge in [-0.1, -0.05) is 41.5 Å². The zero-order valence-electron chi connectivity index (χ0n) is 28.8. The molecule has 9 heteroatoms. The molecule has 0 aromatic rings. The molecule has 0 aliphatic heterocycles. The summed E-state index contributed by atoms with van der Waals surface area (Å²) in [6, 6.07) is 0.541. The van der Waals surface area contributed by atoms with Gasteiger partial charge in [-0.15, -0.1) is 0 Å². The van der Waals surface area contributed by atoms with Crippen molar-refractivity contribution in [2.24, 2.45) is 57.5 Å². The molecule has 0 spiro atoms. The van der Waals surface area contributed by atoms with Crippen LogP contribution in [0.3, 0.4) is 0 Å². The number of rotatable bonds is 16. The maximum Gasteiger partial charge on any atom is 0.397 e. The van der Waals surface area contributed by atoms with E-state index in [9.17, 15) is 18.1 Å². The molecule has 5 unspecified atom stereocenters. The van der Waals surface area contributed by atoms with E-state index in [1.54, 1.807) is 0 Å². The lowest BCUT2D eigenvalue weighted by Crippen LogP contribution is -2.63. The SMILES string of the molecule is CC(CC[C@@H](OS(=O)(=O)O)C(C)C)[C@H]1CCC2C3C(O)C[C@@]4(C)C[C@@H](NCCCNCCCCN)CC[C@]4(C)C3CC[C@@]21C. The number of nitrogens with two attached hydrogens (primary N) is 1. The zero-order chi connectivity index (χ0) is 32.3. The molecule has 0 amide bonds. The van der Waals surface area contributed by atoms with Gasteiger partial charge >= 0.3 is 10.4 Å². The standard InChI is InChI=1S/C35H67N3O5S/c1-24(2)31(43-44(40,41)42)13-10-25(3)27-11-12-28-32-29(15-16-34(27,28)5)35(6)17-14-26(22-33(35,4)23-30(32)39)38-21-9-20-37-19-8-7-18-36/h24-32,37-39H,7-23,36H2,1-6H3,(H,40,41,42)/t25?,26-,27+,28?,29?,30?,31+,32?,33+,34+,35+/m0/s1. The third kappa shape index (κ3) is 7.87. The zero-order valence-corrected chi connectivity index (χ0v) is 29.6. The Hall–Kier alpha value is -0.290. The summed E-state index contributed by atoms with van der Waals surface area (Å²) >= 11 is 0. The summed E-state index contributed by atoms with van der Waals surface area (Å²) < 4.78 is 37.2. The summed E-state index contributed by atoms with van der Waals surface area (Å²) in [7, 11) is -4.46. The fourth-order valence-electron chi connectivity index (χ4n) is 11.1. The molecule has 44 heavy (non-hydrogen) atoms. The number of nitrogens with one attached hydrogen (secondary N) is 2. The van der Waals surface area contributed by atoms with E-state index in [2.05, 4.69) is 38.3 Å². The highest BCUT2D eigenvalue weighted by Crippen LogP contribution is 2.71. The number of hydrogen-bond acceptors (Lipinski definition) is 7. The lowest BCUT2D eigenvalue weighted by Gasteiger charge is -2.66. The number of fused-ring (bicyclic) bond motifs is 5. The van der Waals surface area contributed by atoms with Crippen LogP contribution in [0.15, 0.2) is 0 Å². The average Bonchev–Trinajstić information content (AvgIpc) is 3.29. The molecule has 0 bridgehead atoms. The third-order valence-electron chi connectivity index (χ3n) is 13.8. The van der Waals surface area contributed by atoms with Crippen LogP contribution in [0.2, 0.25) is 0 Å². The van der Waals surface area contributed by atoms with E-state index >= 15 is 0 Å². The molecule has 0 heterocycles. The van der Waals surface area contributed by atoms with Gasteiger partial charge in [0, 0.05) is 6.04 Å². The maximum atomic E-state index is 11.9. The van der Waals surface area contributed by atoms with Crippen LogP contribution in [0.4, 0.5) is 0 Å². The first-order chi connectivity index (χ1) is 20.6. The topological polar surface area (TPSA) is 134 Å². The molecule has 0 saturated heterocycles. The molecular weight excluding hydrogens is 574 g/mol. The first-order valence-corrected chi connectivity index (χ1v) is 19.5. The van der Waals surface area contributed by atoms with E-state index in [1.165, 1.54) is 38.5 Å².